The van der Waals surface area contributed by atoms with Crippen LogP contribution in [0, 0.1) is 6.92 Å². The third kappa shape index (κ3) is 3.64. The van der Waals surface area contributed by atoms with E-state index in [9.17, 15) is 4.79 Å². The average Bonchev–Trinajstić information content (AvgIpc) is 2.70. The van der Waals surface area contributed by atoms with Crippen LogP contribution >= 0.6 is 23.2 Å². The van der Waals surface area contributed by atoms with Crippen LogP contribution in [0.5, 0.6) is 5.75 Å². The molecule has 0 saturated carbocycles. The van der Waals surface area contributed by atoms with Gasteiger partial charge < -0.3 is 9.15 Å². The van der Waals surface area contributed by atoms with Crippen LogP contribution in [0.1, 0.15) is 11.1 Å². The third-order valence-electron chi connectivity index (χ3n) is 4.57. The molecule has 0 radical (unpaired) electrons. The van der Waals surface area contributed by atoms with Gasteiger partial charge in [0.05, 0.1) is 10.0 Å². The minimum atomic E-state index is -0.393. The van der Waals surface area contributed by atoms with Crippen LogP contribution in [0.25, 0.3) is 22.1 Å². The lowest BCUT2D eigenvalue weighted by Gasteiger charge is -2.13. The van der Waals surface area contributed by atoms with Gasteiger partial charge in [0.1, 0.15) is 17.9 Å². The molecular formula is C23H16Cl2O3. The van der Waals surface area contributed by atoms with E-state index in [1.165, 1.54) is 6.07 Å². The fraction of sp³-hybridized carbons (Fsp3) is 0.0870. The van der Waals surface area contributed by atoms with Crippen molar-refractivity contribution in [3.63, 3.8) is 0 Å². The summed E-state index contributed by atoms with van der Waals surface area (Å²) in [6.45, 7) is 2.20. The Bertz CT molecular complexity index is 1210. The molecule has 5 heteroatoms. The highest BCUT2D eigenvalue weighted by atomic mass is 35.5. The van der Waals surface area contributed by atoms with Crippen molar-refractivity contribution in [2.45, 2.75) is 13.5 Å². The fourth-order valence-corrected chi connectivity index (χ4v) is 3.47. The Kier molecular flexibility index (Phi) is 5.12. The second-order valence-electron chi connectivity index (χ2n) is 6.45. The Morgan fingerprint density at radius 1 is 0.929 bits per heavy atom. The number of benzene rings is 3. The van der Waals surface area contributed by atoms with Crippen molar-refractivity contribution < 1.29 is 9.15 Å². The van der Waals surface area contributed by atoms with E-state index in [1.54, 1.807) is 12.1 Å². The molecule has 140 valence electrons. The first-order chi connectivity index (χ1) is 13.5. The van der Waals surface area contributed by atoms with Gasteiger partial charge in [0.25, 0.3) is 0 Å². The van der Waals surface area contributed by atoms with Gasteiger partial charge in [0.15, 0.2) is 0 Å². The summed E-state index contributed by atoms with van der Waals surface area (Å²) in [5, 5.41) is 1.85. The predicted molar refractivity (Wildman–Crippen MR) is 113 cm³/mol. The predicted octanol–water partition coefficient (Wildman–Crippen LogP) is 6.65. The van der Waals surface area contributed by atoms with Crippen LogP contribution in [0.3, 0.4) is 0 Å². The van der Waals surface area contributed by atoms with Crippen molar-refractivity contribution in [3.8, 4) is 16.9 Å². The first-order valence-corrected chi connectivity index (χ1v) is 9.48. The molecular weight excluding hydrogens is 395 g/mol. The van der Waals surface area contributed by atoms with Crippen LogP contribution < -0.4 is 10.4 Å². The van der Waals surface area contributed by atoms with Crippen molar-refractivity contribution in [1.29, 1.82) is 0 Å². The molecule has 1 aromatic heterocycles. The number of halogens is 2. The molecule has 3 nitrogen and oxygen atoms in total. The Morgan fingerprint density at radius 3 is 2.46 bits per heavy atom. The summed E-state index contributed by atoms with van der Waals surface area (Å²) in [7, 11) is 0. The SMILES string of the molecule is Cc1c(OCc2ccc(Cl)c(Cl)c2)ccc2c(-c3ccccc3)cc(=O)oc12. The van der Waals surface area contributed by atoms with Gasteiger partial charge in [0.2, 0.25) is 0 Å². The topological polar surface area (TPSA) is 39.4 Å². The standard InChI is InChI=1S/C23H16Cl2O3/c1-14-21(27-13-15-7-9-19(24)20(25)11-15)10-8-17-18(12-22(26)28-23(14)17)16-5-3-2-4-6-16/h2-12H,13H2,1H3. The Hall–Kier alpha value is -2.75. The van der Waals surface area contributed by atoms with Gasteiger partial charge in [-0.2, -0.15) is 0 Å². The van der Waals surface area contributed by atoms with Gasteiger partial charge in [-0.1, -0.05) is 59.6 Å². The molecule has 0 unspecified atom stereocenters. The van der Waals surface area contributed by atoms with E-state index in [0.717, 1.165) is 27.6 Å². The summed E-state index contributed by atoms with van der Waals surface area (Å²) < 4.78 is 11.5. The zero-order chi connectivity index (χ0) is 19.7. The maximum Gasteiger partial charge on any atom is 0.336 e. The van der Waals surface area contributed by atoms with Crippen LogP contribution in [0.2, 0.25) is 10.0 Å². The van der Waals surface area contributed by atoms with E-state index >= 15 is 0 Å². The number of aryl methyl sites for hydroxylation is 1. The number of hydrogen-bond donors (Lipinski definition) is 0. The average molecular weight is 411 g/mol. The van der Waals surface area contributed by atoms with E-state index in [4.69, 9.17) is 32.4 Å². The first kappa shape index (κ1) is 18.6. The maximum atomic E-state index is 12.2. The molecule has 0 atom stereocenters. The van der Waals surface area contributed by atoms with E-state index < -0.39 is 5.63 Å². The molecule has 28 heavy (non-hydrogen) atoms. The van der Waals surface area contributed by atoms with Crippen molar-refractivity contribution in [2.75, 3.05) is 0 Å². The van der Waals surface area contributed by atoms with Gasteiger partial charge in [-0.3, -0.25) is 0 Å². The summed E-state index contributed by atoms with van der Waals surface area (Å²) in [4.78, 5) is 12.2. The molecule has 0 bridgehead atoms. The summed E-state index contributed by atoms with van der Waals surface area (Å²) in [5.74, 6) is 0.645. The van der Waals surface area contributed by atoms with Crippen LogP contribution in [0.4, 0.5) is 0 Å². The highest BCUT2D eigenvalue weighted by Crippen LogP contribution is 2.33. The third-order valence-corrected chi connectivity index (χ3v) is 5.31. The highest BCUT2D eigenvalue weighted by Gasteiger charge is 2.13. The number of fused-ring (bicyclic) bond motifs is 1. The van der Waals surface area contributed by atoms with Crippen molar-refractivity contribution in [3.05, 3.63) is 98.3 Å². The van der Waals surface area contributed by atoms with Crippen molar-refractivity contribution >= 4 is 34.2 Å². The van der Waals surface area contributed by atoms with Gasteiger partial charge in [-0.25, -0.2) is 4.79 Å². The quantitative estimate of drug-likeness (QED) is 0.353. The summed E-state index contributed by atoms with van der Waals surface area (Å²) in [6, 6.07) is 20.5. The molecule has 4 rings (SSSR count). The van der Waals surface area contributed by atoms with Crippen LogP contribution in [-0.4, -0.2) is 0 Å². The second kappa shape index (κ2) is 7.70. The number of rotatable bonds is 4. The van der Waals surface area contributed by atoms with E-state index in [0.29, 0.717) is 28.0 Å². The monoisotopic (exact) mass is 410 g/mol. The maximum absolute atomic E-state index is 12.2. The van der Waals surface area contributed by atoms with Gasteiger partial charge in [-0.05, 0) is 47.9 Å². The molecule has 0 spiro atoms. The normalized spacial score (nSPS) is 11.0. The summed E-state index contributed by atoms with van der Waals surface area (Å²) in [5.41, 5.74) is 3.60. The fourth-order valence-electron chi connectivity index (χ4n) is 3.15. The molecule has 3 aromatic carbocycles. The zero-order valence-corrected chi connectivity index (χ0v) is 16.6. The second-order valence-corrected chi connectivity index (χ2v) is 7.26. The lowest BCUT2D eigenvalue weighted by atomic mass is 10.0. The van der Waals surface area contributed by atoms with E-state index in [-0.39, 0.29) is 0 Å². The Balaban J connectivity index is 1.72. The van der Waals surface area contributed by atoms with Crippen molar-refractivity contribution in [1.82, 2.24) is 0 Å². The number of ether oxygens (including phenoxy) is 1. The molecule has 0 aliphatic heterocycles. The zero-order valence-electron chi connectivity index (χ0n) is 15.0. The molecule has 0 aliphatic rings. The molecule has 4 aromatic rings. The largest absolute Gasteiger partial charge is 0.488 e. The Labute approximate surface area is 172 Å². The van der Waals surface area contributed by atoms with E-state index in [1.807, 2.05) is 55.5 Å². The van der Waals surface area contributed by atoms with Crippen molar-refractivity contribution in [2.24, 2.45) is 0 Å². The minimum Gasteiger partial charge on any atom is -0.488 e. The lowest BCUT2D eigenvalue weighted by molar-refractivity contribution is 0.304. The van der Waals surface area contributed by atoms with Gasteiger partial charge in [0, 0.05) is 17.0 Å². The molecule has 0 aliphatic carbocycles. The van der Waals surface area contributed by atoms with Gasteiger partial charge in [-0.15, -0.1) is 0 Å². The van der Waals surface area contributed by atoms with Crippen LogP contribution in [0.15, 0.2) is 75.9 Å². The minimum absolute atomic E-state index is 0.325. The van der Waals surface area contributed by atoms with E-state index in [2.05, 4.69) is 0 Å². The Morgan fingerprint density at radius 2 is 1.71 bits per heavy atom. The molecule has 1 heterocycles. The highest BCUT2D eigenvalue weighted by molar-refractivity contribution is 6.42. The molecule has 0 fully saturated rings. The summed E-state index contributed by atoms with van der Waals surface area (Å²) in [6.07, 6.45) is 0. The van der Waals surface area contributed by atoms with Crippen LogP contribution in [-0.2, 0) is 6.61 Å². The number of hydrogen-bond acceptors (Lipinski definition) is 3. The smallest absolute Gasteiger partial charge is 0.336 e. The molecule has 0 N–H and O–H groups in total. The first-order valence-electron chi connectivity index (χ1n) is 8.72. The van der Waals surface area contributed by atoms with Gasteiger partial charge >= 0.3 is 5.63 Å². The summed E-state index contributed by atoms with van der Waals surface area (Å²) >= 11 is 12.0. The molecule has 0 amide bonds. The molecule has 0 saturated heterocycles. The lowest BCUT2D eigenvalue weighted by Crippen LogP contribution is -2.01.